The second-order valence-corrected chi connectivity index (χ2v) is 7.65. The van der Waals surface area contributed by atoms with Gasteiger partial charge in [0.1, 0.15) is 5.82 Å². The molecule has 2 heterocycles. The van der Waals surface area contributed by atoms with Crippen molar-refractivity contribution in [2.75, 3.05) is 23.4 Å². The van der Waals surface area contributed by atoms with E-state index >= 15 is 0 Å². The number of para-hydroxylation sites is 1. The third-order valence-electron chi connectivity index (χ3n) is 4.21. The number of hydrogen-bond acceptors (Lipinski definition) is 3. The average Bonchev–Trinajstić information content (AvgIpc) is 2.44. The third kappa shape index (κ3) is 3.15. The molecule has 1 N–H and O–H groups in total. The fraction of sp³-hybridized carbons (Fsp3) is 0.600. The Kier molecular flexibility index (Phi) is 4.58. The van der Waals surface area contributed by atoms with Gasteiger partial charge in [0.25, 0.3) is 0 Å². The number of halogens is 2. The van der Waals surface area contributed by atoms with Crippen LogP contribution in [0.25, 0.3) is 0 Å². The van der Waals surface area contributed by atoms with Crippen molar-refractivity contribution in [2.24, 2.45) is 0 Å². The van der Waals surface area contributed by atoms with E-state index in [4.69, 9.17) is 4.74 Å². The topological polar surface area (TPSA) is 21.3 Å². The molecule has 20 heavy (non-hydrogen) atoms. The van der Waals surface area contributed by atoms with Crippen molar-refractivity contribution in [3.05, 3.63) is 28.5 Å². The van der Waals surface area contributed by atoms with E-state index in [0.717, 1.165) is 36.8 Å². The molecule has 2 fully saturated rings. The molecule has 0 aromatic heterocycles. The van der Waals surface area contributed by atoms with Crippen LogP contribution in [-0.2, 0) is 4.74 Å². The van der Waals surface area contributed by atoms with Crippen molar-refractivity contribution in [2.45, 2.75) is 37.3 Å². The van der Waals surface area contributed by atoms with Crippen molar-refractivity contribution in [1.82, 2.24) is 0 Å². The molecule has 2 nitrogen and oxygen atoms in total. The number of rotatable bonds is 2. The minimum Gasteiger partial charge on any atom is -0.379 e. The van der Waals surface area contributed by atoms with Crippen LogP contribution in [0.5, 0.6) is 0 Å². The van der Waals surface area contributed by atoms with Crippen LogP contribution in [0.2, 0.25) is 0 Å². The largest absolute Gasteiger partial charge is 0.379 e. The second kappa shape index (κ2) is 6.24. The molecular weight excluding hydrogens is 341 g/mol. The average molecular weight is 360 g/mol. The molecule has 1 unspecified atom stereocenters. The Bertz CT molecular complexity index is 453. The summed E-state index contributed by atoms with van der Waals surface area (Å²) in [4.78, 5) is 0. The monoisotopic (exact) mass is 359 g/mol. The first-order valence-electron chi connectivity index (χ1n) is 7.11. The zero-order valence-corrected chi connectivity index (χ0v) is 13.7. The van der Waals surface area contributed by atoms with Gasteiger partial charge < -0.3 is 10.1 Å². The molecule has 2 saturated heterocycles. The van der Waals surface area contributed by atoms with Crippen LogP contribution in [0.15, 0.2) is 22.7 Å². The smallest absolute Gasteiger partial charge is 0.147 e. The summed E-state index contributed by atoms with van der Waals surface area (Å²) in [5.41, 5.74) is 0.610. The maximum atomic E-state index is 13.9. The van der Waals surface area contributed by atoms with E-state index in [1.165, 1.54) is 17.6 Å². The molecule has 5 heteroatoms. The molecule has 1 aromatic carbocycles. The summed E-state index contributed by atoms with van der Waals surface area (Å²) in [6.45, 7) is 0.772. The van der Waals surface area contributed by atoms with Crippen molar-refractivity contribution in [1.29, 1.82) is 0 Å². The Hall–Kier alpha value is -0.260. The highest BCUT2D eigenvalue weighted by Crippen LogP contribution is 2.39. The van der Waals surface area contributed by atoms with Crippen LogP contribution in [0.1, 0.15) is 25.7 Å². The van der Waals surface area contributed by atoms with Gasteiger partial charge in [-0.3, -0.25) is 0 Å². The lowest BCUT2D eigenvalue weighted by molar-refractivity contribution is -0.0866. The van der Waals surface area contributed by atoms with Crippen molar-refractivity contribution >= 4 is 33.4 Å². The zero-order valence-electron chi connectivity index (χ0n) is 11.3. The van der Waals surface area contributed by atoms with Gasteiger partial charge in [-0.25, -0.2) is 4.39 Å². The van der Waals surface area contributed by atoms with Crippen molar-refractivity contribution in [3.63, 3.8) is 0 Å². The number of thioether (sulfide) groups is 1. The van der Waals surface area contributed by atoms with Gasteiger partial charge in [0.05, 0.1) is 11.3 Å². The highest BCUT2D eigenvalue weighted by molar-refractivity contribution is 9.10. The highest BCUT2D eigenvalue weighted by atomic mass is 79.9. The van der Waals surface area contributed by atoms with Crippen LogP contribution in [0.3, 0.4) is 0 Å². The number of anilines is 1. The van der Waals surface area contributed by atoms with Crippen LogP contribution < -0.4 is 5.32 Å². The Morgan fingerprint density at radius 3 is 2.90 bits per heavy atom. The predicted molar refractivity (Wildman–Crippen MR) is 86.0 cm³/mol. The first-order chi connectivity index (χ1) is 9.69. The minimum absolute atomic E-state index is 0.0267. The number of hydrogen-bond donors (Lipinski definition) is 1. The lowest BCUT2D eigenvalue weighted by Crippen LogP contribution is -2.46. The molecule has 1 spiro atoms. The predicted octanol–water partition coefficient (Wildman–Crippen LogP) is 4.44. The Morgan fingerprint density at radius 1 is 1.35 bits per heavy atom. The minimum atomic E-state index is -0.195. The molecule has 0 bridgehead atoms. The molecule has 1 atom stereocenters. The van der Waals surface area contributed by atoms with E-state index < -0.39 is 0 Å². The molecule has 1 aromatic rings. The number of ether oxygens (including phenoxy) is 1. The van der Waals surface area contributed by atoms with Gasteiger partial charge in [-0.1, -0.05) is 6.07 Å². The molecule has 0 saturated carbocycles. The zero-order chi connectivity index (χ0) is 14.0. The molecule has 3 rings (SSSR count). The van der Waals surface area contributed by atoms with Crippen LogP contribution in [-0.4, -0.2) is 29.8 Å². The molecular formula is C15H19BrFNOS. The quantitative estimate of drug-likeness (QED) is 0.842. The van der Waals surface area contributed by atoms with E-state index in [-0.39, 0.29) is 11.4 Å². The van der Waals surface area contributed by atoms with Crippen molar-refractivity contribution < 1.29 is 9.13 Å². The van der Waals surface area contributed by atoms with E-state index in [9.17, 15) is 4.39 Å². The first kappa shape index (κ1) is 14.7. The Morgan fingerprint density at radius 2 is 2.15 bits per heavy atom. The summed E-state index contributed by atoms with van der Waals surface area (Å²) in [5.74, 6) is 2.16. The Labute approximate surface area is 132 Å². The van der Waals surface area contributed by atoms with Crippen LogP contribution >= 0.6 is 27.7 Å². The molecule has 0 aliphatic carbocycles. The summed E-state index contributed by atoms with van der Waals surface area (Å²) in [5, 5.41) is 3.38. The van der Waals surface area contributed by atoms with E-state index in [0.29, 0.717) is 11.7 Å². The maximum Gasteiger partial charge on any atom is 0.147 e. The fourth-order valence-corrected chi connectivity index (χ4v) is 4.78. The van der Waals surface area contributed by atoms with Gasteiger partial charge in [0.15, 0.2) is 0 Å². The van der Waals surface area contributed by atoms with Crippen molar-refractivity contribution in [3.8, 4) is 0 Å². The van der Waals surface area contributed by atoms with E-state index in [1.54, 1.807) is 6.07 Å². The summed E-state index contributed by atoms with van der Waals surface area (Å²) in [6.07, 6.45) is 4.16. The lowest BCUT2D eigenvalue weighted by Gasteiger charge is -2.43. The number of nitrogens with one attached hydrogen (secondary N) is 1. The van der Waals surface area contributed by atoms with Gasteiger partial charge in [0.2, 0.25) is 0 Å². The van der Waals surface area contributed by atoms with Gasteiger partial charge in [-0.05, 0) is 65.3 Å². The normalized spacial score (nSPS) is 25.6. The second-order valence-electron chi connectivity index (χ2n) is 5.57. The molecule has 2 aliphatic heterocycles. The lowest BCUT2D eigenvalue weighted by atomic mass is 9.85. The van der Waals surface area contributed by atoms with Gasteiger partial charge in [-0.15, -0.1) is 0 Å². The standard InChI is InChI=1S/C15H19BrFNOS/c16-12-2-1-3-13(17)14(12)18-11-4-7-19-15(10-11)5-8-20-9-6-15/h1-3,11,18H,4-10H2. The highest BCUT2D eigenvalue weighted by Gasteiger charge is 2.38. The summed E-state index contributed by atoms with van der Waals surface area (Å²) >= 11 is 5.43. The van der Waals surface area contributed by atoms with E-state index in [2.05, 4.69) is 21.2 Å². The van der Waals surface area contributed by atoms with Gasteiger partial charge >= 0.3 is 0 Å². The third-order valence-corrected chi connectivity index (χ3v) is 5.85. The molecule has 0 amide bonds. The van der Waals surface area contributed by atoms with Gasteiger partial charge in [0, 0.05) is 17.1 Å². The van der Waals surface area contributed by atoms with Crippen LogP contribution in [0.4, 0.5) is 10.1 Å². The summed E-state index contributed by atoms with van der Waals surface area (Å²) < 4.78 is 20.8. The first-order valence-corrected chi connectivity index (χ1v) is 9.06. The van der Waals surface area contributed by atoms with Crippen LogP contribution in [0, 0.1) is 5.82 Å². The maximum absolute atomic E-state index is 13.9. The van der Waals surface area contributed by atoms with Gasteiger partial charge in [-0.2, -0.15) is 11.8 Å². The SMILES string of the molecule is Fc1cccc(Br)c1NC1CCOC2(CCSCC2)C1. The summed E-state index contributed by atoms with van der Waals surface area (Å²) in [7, 11) is 0. The summed E-state index contributed by atoms with van der Waals surface area (Å²) in [6, 6.07) is 5.38. The van der Waals surface area contributed by atoms with E-state index in [1.807, 2.05) is 17.8 Å². The number of benzene rings is 1. The fourth-order valence-electron chi connectivity index (χ4n) is 3.08. The molecule has 110 valence electrons. The Balaban J connectivity index is 1.71. The molecule has 0 radical (unpaired) electrons. The molecule has 2 aliphatic rings.